The van der Waals surface area contributed by atoms with Gasteiger partial charge in [-0.1, -0.05) is 30.3 Å². The summed E-state index contributed by atoms with van der Waals surface area (Å²) in [7, 11) is 0. The highest BCUT2D eigenvalue weighted by molar-refractivity contribution is 5.66. The Labute approximate surface area is 133 Å². The van der Waals surface area contributed by atoms with Gasteiger partial charge in [0.15, 0.2) is 6.10 Å². The van der Waals surface area contributed by atoms with Gasteiger partial charge in [0, 0.05) is 13.8 Å². The van der Waals surface area contributed by atoms with Crippen LogP contribution in [0.2, 0.25) is 0 Å². The summed E-state index contributed by atoms with van der Waals surface area (Å²) in [6.07, 6.45) is -5.47. The first-order chi connectivity index (χ1) is 10.9. The van der Waals surface area contributed by atoms with E-state index in [1.165, 1.54) is 13.8 Å². The molecule has 0 bridgehead atoms. The minimum Gasteiger partial charge on any atom is -0.463 e. The van der Waals surface area contributed by atoms with Crippen molar-refractivity contribution >= 4 is 11.9 Å². The molecule has 1 aliphatic rings. The molecule has 2 rings (SSSR count). The maximum absolute atomic E-state index is 11.2. The lowest BCUT2D eigenvalue weighted by atomic mass is 9.91. The Kier molecular flexibility index (Phi) is 5.70. The van der Waals surface area contributed by atoms with E-state index in [0.29, 0.717) is 5.56 Å². The van der Waals surface area contributed by atoms with Crippen molar-refractivity contribution in [1.82, 2.24) is 0 Å². The van der Waals surface area contributed by atoms with E-state index in [1.54, 1.807) is 24.3 Å². The lowest BCUT2D eigenvalue weighted by molar-refractivity contribution is -0.242. The van der Waals surface area contributed by atoms with E-state index in [4.69, 9.17) is 14.2 Å². The zero-order valence-electron chi connectivity index (χ0n) is 12.9. The van der Waals surface area contributed by atoms with Gasteiger partial charge in [-0.25, -0.2) is 0 Å². The van der Waals surface area contributed by atoms with Gasteiger partial charge in [0.1, 0.15) is 31.0 Å². The van der Waals surface area contributed by atoms with Gasteiger partial charge in [0.05, 0.1) is 0 Å². The Morgan fingerprint density at radius 2 is 1.74 bits per heavy atom. The number of aliphatic hydroxyl groups is 2. The SMILES string of the molecule is CC(=O)OCC1OC(c2ccccc2)C(O)C(O)C1OC(C)=O. The van der Waals surface area contributed by atoms with E-state index in [1.807, 2.05) is 6.07 Å². The minimum atomic E-state index is -1.36. The van der Waals surface area contributed by atoms with Crippen LogP contribution in [0.4, 0.5) is 0 Å². The number of carbonyl (C=O) groups is 2. The fraction of sp³-hybridized carbons (Fsp3) is 0.500. The van der Waals surface area contributed by atoms with Gasteiger partial charge < -0.3 is 24.4 Å². The molecule has 5 unspecified atom stereocenters. The maximum Gasteiger partial charge on any atom is 0.303 e. The number of rotatable bonds is 4. The summed E-state index contributed by atoms with van der Waals surface area (Å²) < 4.78 is 15.7. The standard InChI is InChI=1S/C16H20O7/c1-9(17)21-8-12-16(22-10(2)18)14(20)13(19)15(23-12)11-6-4-3-5-7-11/h3-7,12-16,19-20H,8H2,1-2H3. The smallest absolute Gasteiger partial charge is 0.303 e. The molecule has 0 amide bonds. The monoisotopic (exact) mass is 324 g/mol. The summed E-state index contributed by atoms with van der Waals surface area (Å²) in [4.78, 5) is 22.2. The number of aliphatic hydroxyl groups excluding tert-OH is 2. The van der Waals surface area contributed by atoms with Crippen LogP contribution < -0.4 is 0 Å². The first kappa shape index (κ1) is 17.4. The molecular weight excluding hydrogens is 304 g/mol. The summed E-state index contributed by atoms with van der Waals surface area (Å²) >= 11 is 0. The van der Waals surface area contributed by atoms with E-state index < -0.39 is 42.5 Å². The van der Waals surface area contributed by atoms with Gasteiger partial charge in [-0.15, -0.1) is 0 Å². The topological polar surface area (TPSA) is 102 Å². The molecule has 1 aliphatic heterocycles. The molecule has 0 aliphatic carbocycles. The average molecular weight is 324 g/mol. The lowest BCUT2D eigenvalue weighted by Gasteiger charge is -2.42. The van der Waals surface area contributed by atoms with Crippen LogP contribution in [-0.2, 0) is 23.8 Å². The van der Waals surface area contributed by atoms with Crippen molar-refractivity contribution in [2.75, 3.05) is 6.61 Å². The molecule has 7 heteroatoms. The molecule has 1 heterocycles. The Morgan fingerprint density at radius 3 is 2.30 bits per heavy atom. The van der Waals surface area contributed by atoms with Crippen molar-refractivity contribution < 1.29 is 34.0 Å². The Balaban J connectivity index is 2.22. The normalized spacial score (nSPS) is 30.5. The van der Waals surface area contributed by atoms with Crippen LogP contribution in [0.15, 0.2) is 30.3 Å². The zero-order valence-corrected chi connectivity index (χ0v) is 12.9. The summed E-state index contributed by atoms with van der Waals surface area (Å²) in [6, 6.07) is 8.85. The van der Waals surface area contributed by atoms with Crippen LogP contribution in [0, 0.1) is 0 Å². The predicted octanol–water partition coefficient (Wildman–Crippen LogP) is 0.343. The van der Waals surface area contributed by atoms with Gasteiger partial charge in [0.2, 0.25) is 0 Å². The highest BCUT2D eigenvalue weighted by Crippen LogP contribution is 2.33. The highest BCUT2D eigenvalue weighted by atomic mass is 16.6. The molecule has 1 aromatic rings. The van der Waals surface area contributed by atoms with Crippen LogP contribution in [0.1, 0.15) is 25.5 Å². The average Bonchev–Trinajstić information content (AvgIpc) is 2.51. The number of ether oxygens (including phenoxy) is 3. The van der Waals surface area contributed by atoms with Crippen LogP contribution in [0.3, 0.4) is 0 Å². The van der Waals surface area contributed by atoms with Crippen molar-refractivity contribution in [2.24, 2.45) is 0 Å². The second-order valence-corrected chi connectivity index (χ2v) is 5.36. The first-order valence-corrected chi connectivity index (χ1v) is 7.27. The summed E-state index contributed by atoms with van der Waals surface area (Å²) in [5.41, 5.74) is 0.660. The quantitative estimate of drug-likeness (QED) is 0.770. The Bertz CT molecular complexity index is 545. The number of benzene rings is 1. The third-order valence-electron chi connectivity index (χ3n) is 3.57. The molecule has 1 aromatic carbocycles. The Hall–Kier alpha value is -1.96. The van der Waals surface area contributed by atoms with Crippen LogP contribution >= 0.6 is 0 Å². The molecular formula is C16H20O7. The van der Waals surface area contributed by atoms with E-state index in [-0.39, 0.29) is 6.61 Å². The van der Waals surface area contributed by atoms with Crippen LogP contribution in [0.25, 0.3) is 0 Å². The third-order valence-corrected chi connectivity index (χ3v) is 3.57. The zero-order chi connectivity index (χ0) is 17.0. The van der Waals surface area contributed by atoms with Gasteiger partial charge >= 0.3 is 11.9 Å². The first-order valence-electron chi connectivity index (χ1n) is 7.27. The van der Waals surface area contributed by atoms with Crippen molar-refractivity contribution in [2.45, 2.75) is 44.4 Å². The molecule has 7 nitrogen and oxygen atoms in total. The van der Waals surface area contributed by atoms with Gasteiger partial charge in [0.25, 0.3) is 0 Å². The second kappa shape index (κ2) is 7.54. The summed E-state index contributed by atoms with van der Waals surface area (Å²) in [6.45, 7) is 2.23. The molecule has 0 saturated carbocycles. The minimum absolute atomic E-state index is 0.194. The Morgan fingerprint density at radius 1 is 1.09 bits per heavy atom. The molecule has 2 N–H and O–H groups in total. The number of esters is 2. The van der Waals surface area contributed by atoms with Gasteiger partial charge in [-0.3, -0.25) is 9.59 Å². The van der Waals surface area contributed by atoms with Gasteiger partial charge in [-0.2, -0.15) is 0 Å². The van der Waals surface area contributed by atoms with Crippen LogP contribution in [0.5, 0.6) is 0 Å². The number of carbonyl (C=O) groups excluding carboxylic acids is 2. The largest absolute Gasteiger partial charge is 0.463 e. The van der Waals surface area contributed by atoms with Crippen LogP contribution in [-0.4, -0.2) is 53.2 Å². The molecule has 1 saturated heterocycles. The molecule has 0 aromatic heterocycles. The van der Waals surface area contributed by atoms with Crippen molar-refractivity contribution in [1.29, 1.82) is 0 Å². The van der Waals surface area contributed by atoms with E-state index in [2.05, 4.69) is 0 Å². The predicted molar refractivity (Wildman–Crippen MR) is 78.3 cm³/mol. The van der Waals surface area contributed by atoms with Crippen molar-refractivity contribution in [3.63, 3.8) is 0 Å². The van der Waals surface area contributed by atoms with E-state index in [0.717, 1.165) is 0 Å². The number of hydrogen-bond donors (Lipinski definition) is 2. The molecule has 0 radical (unpaired) electrons. The third kappa shape index (κ3) is 4.28. The van der Waals surface area contributed by atoms with Gasteiger partial charge in [-0.05, 0) is 5.56 Å². The molecule has 0 spiro atoms. The lowest BCUT2D eigenvalue weighted by Crippen LogP contribution is -2.57. The van der Waals surface area contributed by atoms with E-state index >= 15 is 0 Å². The fourth-order valence-electron chi connectivity index (χ4n) is 2.53. The molecule has 126 valence electrons. The van der Waals surface area contributed by atoms with E-state index in [9.17, 15) is 19.8 Å². The molecule has 23 heavy (non-hydrogen) atoms. The summed E-state index contributed by atoms with van der Waals surface area (Å²) in [5, 5.41) is 20.6. The second-order valence-electron chi connectivity index (χ2n) is 5.36. The summed E-state index contributed by atoms with van der Waals surface area (Å²) in [5.74, 6) is -1.15. The number of hydrogen-bond acceptors (Lipinski definition) is 7. The molecule has 1 fully saturated rings. The molecule has 5 atom stereocenters. The highest BCUT2D eigenvalue weighted by Gasteiger charge is 2.47. The van der Waals surface area contributed by atoms with Crippen molar-refractivity contribution in [3.8, 4) is 0 Å². The van der Waals surface area contributed by atoms with Crippen molar-refractivity contribution in [3.05, 3.63) is 35.9 Å². The fourth-order valence-corrected chi connectivity index (χ4v) is 2.53. The maximum atomic E-state index is 11.2.